The monoisotopic (exact) mass is 662 g/mol. The van der Waals surface area contributed by atoms with Crippen LogP contribution in [0.25, 0.3) is 11.1 Å². The molecule has 1 aromatic heterocycles. The van der Waals surface area contributed by atoms with Gasteiger partial charge in [-0.25, -0.2) is 23.1 Å². The maximum Gasteiger partial charge on any atom is 0.413 e. The number of aromatic nitrogens is 1. The lowest BCUT2D eigenvalue weighted by Crippen LogP contribution is -2.34. The first-order valence-corrected chi connectivity index (χ1v) is 16.5. The quantitative estimate of drug-likeness (QED) is 0.0991. The van der Waals surface area contributed by atoms with Gasteiger partial charge in [0.25, 0.3) is 0 Å². The van der Waals surface area contributed by atoms with Gasteiger partial charge in [0.2, 0.25) is 10.0 Å². The van der Waals surface area contributed by atoms with Crippen molar-refractivity contribution in [2.75, 3.05) is 5.32 Å². The molecule has 5 aromatic rings. The van der Waals surface area contributed by atoms with Crippen LogP contribution in [0.1, 0.15) is 35.4 Å². The second-order valence-corrected chi connectivity index (χ2v) is 12.4. The van der Waals surface area contributed by atoms with Gasteiger partial charge in [0.1, 0.15) is 11.9 Å². The number of sulfonamides is 1. The Labute approximate surface area is 279 Å². The summed E-state index contributed by atoms with van der Waals surface area (Å²) in [7, 11) is -3.93. The normalized spacial score (nSPS) is 11.6. The van der Waals surface area contributed by atoms with Gasteiger partial charge in [0.15, 0.2) is 0 Å². The maximum atomic E-state index is 13.6. The zero-order chi connectivity index (χ0) is 34.1. The third-order valence-electron chi connectivity index (χ3n) is 7.35. The molecule has 0 fully saturated rings. The maximum absolute atomic E-state index is 13.6. The number of hydrogen-bond acceptors (Lipinski definition) is 7. The Morgan fingerprint density at radius 3 is 2.23 bits per heavy atom. The Morgan fingerprint density at radius 1 is 0.854 bits per heavy atom. The lowest BCUT2D eigenvalue weighted by Gasteiger charge is -2.24. The Kier molecular flexibility index (Phi) is 10.6. The van der Waals surface area contributed by atoms with E-state index in [0.717, 1.165) is 11.1 Å². The van der Waals surface area contributed by atoms with Crippen molar-refractivity contribution >= 4 is 33.7 Å². The summed E-state index contributed by atoms with van der Waals surface area (Å²) in [6.45, 7) is 2.19. The number of benzene rings is 4. The van der Waals surface area contributed by atoms with E-state index < -0.39 is 22.2 Å². The number of ether oxygens (including phenoxy) is 1. The first kappa shape index (κ1) is 33.5. The van der Waals surface area contributed by atoms with Crippen LogP contribution in [-0.4, -0.2) is 36.3 Å². The molecule has 0 saturated carbocycles. The minimum atomic E-state index is -3.93. The molecule has 1 heterocycles. The Balaban J connectivity index is 1.29. The van der Waals surface area contributed by atoms with Crippen molar-refractivity contribution in [3.8, 4) is 11.1 Å². The minimum Gasteiger partial charge on any atom is -0.440 e. The van der Waals surface area contributed by atoms with Crippen LogP contribution in [0.4, 0.5) is 15.3 Å². The molecule has 0 spiro atoms. The number of alkyl carbamates (subject to hydrolysis) is 1. The highest BCUT2D eigenvalue weighted by Crippen LogP contribution is 2.28. The lowest BCUT2D eigenvalue weighted by atomic mass is 10.1. The highest BCUT2D eigenvalue weighted by molar-refractivity contribution is 7.89. The summed E-state index contributed by atoms with van der Waals surface area (Å²) in [5.41, 5.74) is 4.26. The number of hydrogen-bond donors (Lipinski definition) is 4. The number of amidine groups is 1. The summed E-state index contributed by atoms with van der Waals surface area (Å²) in [5.74, 6) is -0.154. The molecule has 1 atom stereocenters. The predicted molar refractivity (Wildman–Crippen MR) is 183 cm³/mol. The smallest absolute Gasteiger partial charge is 0.413 e. The van der Waals surface area contributed by atoms with E-state index in [2.05, 4.69) is 15.6 Å². The molecule has 0 aliphatic carbocycles. The molecular weight excluding hydrogens is 628 g/mol. The standard InChI is InChI=1S/C36H34N6O5S/c1-25(32-15-7-8-21-39-32)47-36(44)41-34(37)29-13-9-12-27(22-29)24-42(23-26-10-3-2-4-11-26)35(43)40-30-19-17-28(18-20-30)31-14-5-6-16-33(31)48(38,45)46/h2-22,25H,23-24H2,1H3,(H,40,43)(H2,37,41,44)(H2,38,45,46). The van der Waals surface area contributed by atoms with Gasteiger partial charge in [-0.2, -0.15) is 0 Å². The number of nitrogens with one attached hydrogen (secondary N) is 3. The van der Waals surface area contributed by atoms with E-state index in [1.807, 2.05) is 36.4 Å². The van der Waals surface area contributed by atoms with E-state index in [9.17, 15) is 18.0 Å². The topological polar surface area (TPSA) is 168 Å². The van der Waals surface area contributed by atoms with E-state index >= 15 is 0 Å². The molecule has 0 aliphatic heterocycles. The number of carbonyl (C=O) groups excluding carboxylic acids is 2. The van der Waals surface area contributed by atoms with Crippen LogP contribution >= 0.6 is 0 Å². The van der Waals surface area contributed by atoms with Gasteiger partial charge < -0.3 is 15.0 Å². The molecule has 0 saturated heterocycles. The van der Waals surface area contributed by atoms with E-state index in [0.29, 0.717) is 34.6 Å². The van der Waals surface area contributed by atoms with Gasteiger partial charge >= 0.3 is 12.1 Å². The third-order valence-corrected chi connectivity index (χ3v) is 8.32. The van der Waals surface area contributed by atoms with E-state index in [1.165, 1.54) is 6.07 Å². The third kappa shape index (κ3) is 8.90. The van der Waals surface area contributed by atoms with Crippen molar-refractivity contribution in [1.29, 1.82) is 5.41 Å². The number of pyridine rings is 1. The molecule has 0 aliphatic rings. The van der Waals surface area contributed by atoms with Gasteiger partial charge in [-0.05, 0) is 60.0 Å². The summed E-state index contributed by atoms with van der Waals surface area (Å²) in [6, 6.07) is 34.7. The minimum absolute atomic E-state index is 0.0114. The average molecular weight is 663 g/mol. The number of anilines is 1. The van der Waals surface area contributed by atoms with E-state index in [1.54, 1.807) is 96.9 Å². The van der Waals surface area contributed by atoms with Crippen molar-refractivity contribution in [2.45, 2.75) is 31.0 Å². The van der Waals surface area contributed by atoms with Gasteiger partial charge in [-0.1, -0.05) is 84.9 Å². The van der Waals surface area contributed by atoms with Crippen molar-refractivity contribution in [2.24, 2.45) is 5.14 Å². The van der Waals surface area contributed by atoms with Gasteiger partial charge in [0, 0.05) is 36.1 Å². The second kappa shape index (κ2) is 15.2. The SMILES string of the molecule is CC(OC(=O)NC(=N)c1cccc(CN(Cc2ccccc2)C(=O)Nc2ccc(-c3ccccc3S(N)(=O)=O)cc2)c1)c1ccccn1. The van der Waals surface area contributed by atoms with Gasteiger partial charge in [-0.15, -0.1) is 0 Å². The van der Waals surface area contributed by atoms with Crippen LogP contribution in [0.15, 0.2) is 132 Å². The fourth-order valence-electron chi connectivity index (χ4n) is 4.98. The van der Waals surface area contributed by atoms with E-state index in [-0.39, 0.29) is 23.3 Å². The number of nitrogens with two attached hydrogens (primary N) is 1. The van der Waals surface area contributed by atoms with Crippen molar-refractivity contribution in [1.82, 2.24) is 15.2 Å². The Hall–Kier alpha value is -5.85. The van der Waals surface area contributed by atoms with Crippen LogP contribution in [0, 0.1) is 5.41 Å². The Morgan fingerprint density at radius 2 is 1.52 bits per heavy atom. The van der Waals surface area contributed by atoms with Gasteiger partial charge in [0.05, 0.1) is 10.6 Å². The highest BCUT2D eigenvalue weighted by atomic mass is 32.2. The van der Waals surface area contributed by atoms with Crippen LogP contribution in [-0.2, 0) is 27.8 Å². The highest BCUT2D eigenvalue weighted by Gasteiger charge is 2.19. The summed E-state index contributed by atoms with van der Waals surface area (Å²) in [5, 5.41) is 19.3. The first-order chi connectivity index (χ1) is 23.1. The summed E-state index contributed by atoms with van der Waals surface area (Å²) >= 11 is 0. The van der Waals surface area contributed by atoms with Crippen LogP contribution in [0.2, 0.25) is 0 Å². The zero-order valence-electron chi connectivity index (χ0n) is 26.0. The molecule has 5 rings (SSSR count). The fourth-order valence-corrected chi connectivity index (χ4v) is 5.74. The molecule has 0 bridgehead atoms. The molecule has 11 nitrogen and oxygen atoms in total. The Bertz CT molecular complexity index is 2010. The number of amides is 3. The van der Waals surface area contributed by atoms with Crippen molar-refractivity contribution in [3.05, 3.63) is 150 Å². The molecule has 1 unspecified atom stereocenters. The summed E-state index contributed by atoms with van der Waals surface area (Å²) in [4.78, 5) is 32.0. The number of urea groups is 1. The molecule has 4 aromatic carbocycles. The number of rotatable bonds is 10. The number of carbonyl (C=O) groups is 2. The van der Waals surface area contributed by atoms with Crippen LogP contribution in [0.5, 0.6) is 0 Å². The largest absolute Gasteiger partial charge is 0.440 e. The molecule has 5 N–H and O–H groups in total. The fraction of sp³-hybridized carbons (Fsp3) is 0.111. The summed E-state index contributed by atoms with van der Waals surface area (Å²) in [6.07, 6.45) is 0.217. The first-order valence-electron chi connectivity index (χ1n) is 15.0. The molecule has 3 amide bonds. The van der Waals surface area contributed by atoms with Crippen molar-refractivity contribution < 1.29 is 22.7 Å². The number of nitrogens with zero attached hydrogens (tertiary/aromatic N) is 2. The molecule has 12 heteroatoms. The summed E-state index contributed by atoms with van der Waals surface area (Å²) < 4.78 is 29.6. The van der Waals surface area contributed by atoms with Gasteiger partial charge in [-0.3, -0.25) is 15.7 Å². The van der Waals surface area contributed by atoms with Crippen molar-refractivity contribution in [3.63, 3.8) is 0 Å². The molecule has 48 heavy (non-hydrogen) atoms. The molecular formula is C36H34N6O5S. The van der Waals surface area contributed by atoms with Crippen LogP contribution < -0.4 is 15.8 Å². The number of primary sulfonamides is 1. The average Bonchev–Trinajstić information content (AvgIpc) is 3.09. The lowest BCUT2D eigenvalue weighted by molar-refractivity contribution is 0.110. The second-order valence-electron chi connectivity index (χ2n) is 10.9. The van der Waals surface area contributed by atoms with E-state index in [4.69, 9.17) is 15.3 Å². The zero-order valence-corrected chi connectivity index (χ0v) is 26.9. The molecule has 0 radical (unpaired) electrons. The predicted octanol–water partition coefficient (Wildman–Crippen LogP) is 6.44. The molecule has 244 valence electrons. The van der Waals surface area contributed by atoms with Crippen LogP contribution in [0.3, 0.4) is 0 Å².